The van der Waals surface area contributed by atoms with Crippen molar-refractivity contribution in [2.45, 2.75) is 19.4 Å². The first kappa shape index (κ1) is 12.8. The number of hydrogen-bond acceptors (Lipinski definition) is 2. The molecule has 0 spiro atoms. The Bertz CT molecular complexity index is 527. The third-order valence-corrected chi connectivity index (χ3v) is 3.25. The van der Waals surface area contributed by atoms with E-state index in [0.29, 0.717) is 10.8 Å². The van der Waals surface area contributed by atoms with Crippen LogP contribution in [0.5, 0.6) is 5.75 Å². The van der Waals surface area contributed by atoms with E-state index in [1.54, 1.807) is 6.07 Å². The van der Waals surface area contributed by atoms with E-state index in [4.69, 9.17) is 11.6 Å². The van der Waals surface area contributed by atoms with Crippen molar-refractivity contribution in [1.29, 1.82) is 0 Å². The minimum atomic E-state index is 0.0473. The van der Waals surface area contributed by atoms with Gasteiger partial charge in [-0.05, 0) is 24.6 Å². The second-order valence-electron chi connectivity index (χ2n) is 4.14. The van der Waals surface area contributed by atoms with Crippen LogP contribution in [0.3, 0.4) is 0 Å². The van der Waals surface area contributed by atoms with Gasteiger partial charge in [0.05, 0.1) is 16.8 Å². The van der Waals surface area contributed by atoms with E-state index in [2.05, 4.69) is 12.2 Å². The molecular weight excluding hydrogens is 246 g/mol. The Morgan fingerprint density at radius 1 is 1.11 bits per heavy atom. The van der Waals surface area contributed by atoms with Crippen molar-refractivity contribution in [2.75, 3.05) is 5.32 Å². The first-order chi connectivity index (χ1) is 8.72. The quantitative estimate of drug-likeness (QED) is 0.842. The summed E-state index contributed by atoms with van der Waals surface area (Å²) < 4.78 is 0. The number of nitrogens with one attached hydrogen (secondary N) is 1. The van der Waals surface area contributed by atoms with Crippen molar-refractivity contribution in [3.63, 3.8) is 0 Å². The lowest BCUT2D eigenvalue weighted by Crippen LogP contribution is -2.10. The fraction of sp³-hybridized carbons (Fsp3) is 0.200. The van der Waals surface area contributed by atoms with Gasteiger partial charge in [-0.15, -0.1) is 0 Å². The van der Waals surface area contributed by atoms with E-state index in [9.17, 15) is 5.11 Å². The monoisotopic (exact) mass is 261 g/mol. The maximum absolute atomic E-state index is 9.89. The lowest BCUT2D eigenvalue weighted by molar-refractivity contribution is 0.463. The molecule has 0 aliphatic rings. The standard InChI is InChI=1S/C15H16ClNO/c1-2-13(11-7-3-6-10-15(11)18)17-14-9-5-4-8-12(14)16/h3-10,13,17-18H,2H2,1H3. The average molecular weight is 262 g/mol. The Morgan fingerprint density at radius 2 is 1.78 bits per heavy atom. The Morgan fingerprint density at radius 3 is 2.44 bits per heavy atom. The predicted molar refractivity (Wildman–Crippen MR) is 76.2 cm³/mol. The van der Waals surface area contributed by atoms with Crippen molar-refractivity contribution in [2.24, 2.45) is 0 Å². The number of para-hydroxylation sites is 2. The Labute approximate surface area is 112 Å². The van der Waals surface area contributed by atoms with Crippen LogP contribution >= 0.6 is 11.6 Å². The lowest BCUT2D eigenvalue weighted by atomic mass is 10.0. The van der Waals surface area contributed by atoms with Crippen molar-refractivity contribution < 1.29 is 5.11 Å². The molecule has 0 bridgehead atoms. The zero-order chi connectivity index (χ0) is 13.0. The van der Waals surface area contributed by atoms with Crippen LogP contribution in [0.2, 0.25) is 5.02 Å². The highest BCUT2D eigenvalue weighted by Gasteiger charge is 2.13. The molecule has 0 aliphatic carbocycles. The van der Waals surface area contributed by atoms with Crippen LogP contribution in [-0.4, -0.2) is 5.11 Å². The topological polar surface area (TPSA) is 32.3 Å². The molecule has 18 heavy (non-hydrogen) atoms. The molecule has 0 fully saturated rings. The van der Waals surface area contributed by atoms with Crippen LogP contribution in [-0.2, 0) is 0 Å². The van der Waals surface area contributed by atoms with Gasteiger partial charge in [-0.2, -0.15) is 0 Å². The second-order valence-corrected chi connectivity index (χ2v) is 4.55. The van der Waals surface area contributed by atoms with Gasteiger partial charge in [0, 0.05) is 5.56 Å². The zero-order valence-electron chi connectivity index (χ0n) is 10.2. The van der Waals surface area contributed by atoms with E-state index in [1.807, 2.05) is 42.5 Å². The van der Waals surface area contributed by atoms with Gasteiger partial charge in [-0.1, -0.05) is 48.9 Å². The van der Waals surface area contributed by atoms with Crippen LogP contribution in [0.4, 0.5) is 5.69 Å². The number of rotatable bonds is 4. The van der Waals surface area contributed by atoms with Crippen LogP contribution in [0.15, 0.2) is 48.5 Å². The van der Waals surface area contributed by atoms with E-state index in [1.165, 1.54) is 0 Å². The number of benzene rings is 2. The molecule has 0 heterocycles. The molecule has 3 heteroatoms. The van der Waals surface area contributed by atoms with Crippen molar-refractivity contribution in [3.05, 3.63) is 59.1 Å². The van der Waals surface area contributed by atoms with E-state index in [0.717, 1.165) is 17.7 Å². The van der Waals surface area contributed by atoms with E-state index < -0.39 is 0 Å². The van der Waals surface area contributed by atoms with Crippen LogP contribution in [0.25, 0.3) is 0 Å². The zero-order valence-corrected chi connectivity index (χ0v) is 11.0. The normalized spacial score (nSPS) is 12.1. The molecule has 2 nitrogen and oxygen atoms in total. The molecule has 2 aromatic carbocycles. The third kappa shape index (κ3) is 2.77. The van der Waals surface area contributed by atoms with Gasteiger partial charge in [-0.3, -0.25) is 0 Å². The van der Waals surface area contributed by atoms with Gasteiger partial charge in [0.1, 0.15) is 5.75 Å². The lowest BCUT2D eigenvalue weighted by Gasteiger charge is -2.20. The van der Waals surface area contributed by atoms with E-state index >= 15 is 0 Å². The van der Waals surface area contributed by atoms with E-state index in [-0.39, 0.29) is 6.04 Å². The SMILES string of the molecule is CCC(Nc1ccccc1Cl)c1ccccc1O. The van der Waals surface area contributed by atoms with Gasteiger partial charge in [0.2, 0.25) is 0 Å². The second kappa shape index (κ2) is 5.78. The van der Waals surface area contributed by atoms with Crippen molar-refractivity contribution >= 4 is 17.3 Å². The maximum atomic E-state index is 9.89. The van der Waals surface area contributed by atoms with Gasteiger partial charge < -0.3 is 10.4 Å². The molecule has 2 N–H and O–H groups in total. The van der Waals surface area contributed by atoms with Crippen molar-refractivity contribution in [3.8, 4) is 5.75 Å². The van der Waals surface area contributed by atoms with Gasteiger partial charge in [-0.25, -0.2) is 0 Å². The van der Waals surface area contributed by atoms with Crippen LogP contribution in [0, 0.1) is 0 Å². The molecule has 0 amide bonds. The highest BCUT2D eigenvalue weighted by molar-refractivity contribution is 6.33. The predicted octanol–water partition coefficient (Wildman–Crippen LogP) is 4.61. The number of phenolic OH excluding ortho intramolecular Hbond substituents is 1. The number of aromatic hydroxyl groups is 1. The van der Waals surface area contributed by atoms with Gasteiger partial charge >= 0.3 is 0 Å². The van der Waals surface area contributed by atoms with Gasteiger partial charge in [0.25, 0.3) is 0 Å². The molecule has 0 aliphatic heterocycles. The first-order valence-electron chi connectivity index (χ1n) is 6.01. The smallest absolute Gasteiger partial charge is 0.120 e. The van der Waals surface area contributed by atoms with Crippen molar-refractivity contribution in [1.82, 2.24) is 0 Å². The first-order valence-corrected chi connectivity index (χ1v) is 6.39. The molecule has 1 unspecified atom stereocenters. The highest BCUT2D eigenvalue weighted by Crippen LogP contribution is 2.31. The highest BCUT2D eigenvalue weighted by atomic mass is 35.5. The van der Waals surface area contributed by atoms with Crippen LogP contribution < -0.4 is 5.32 Å². The summed E-state index contributed by atoms with van der Waals surface area (Å²) >= 11 is 6.13. The summed E-state index contributed by atoms with van der Waals surface area (Å²) in [6.45, 7) is 2.07. The summed E-state index contributed by atoms with van der Waals surface area (Å²) in [6.07, 6.45) is 0.864. The molecule has 94 valence electrons. The summed E-state index contributed by atoms with van der Waals surface area (Å²) in [7, 11) is 0. The Kier molecular flexibility index (Phi) is 4.11. The Hall–Kier alpha value is -1.67. The van der Waals surface area contributed by atoms with Gasteiger partial charge in [0.15, 0.2) is 0 Å². The fourth-order valence-electron chi connectivity index (χ4n) is 1.95. The minimum absolute atomic E-state index is 0.0473. The average Bonchev–Trinajstić information content (AvgIpc) is 2.39. The molecule has 0 saturated heterocycles. The Balaban J connectivity index is 2.26. The summed E-state index contributed by atoms with van der Waals surface area (Å²) in [5, 5.41) is 13.9. The minimum Gasteiger partial charge on any atom is -0.508 e. The number of hydrogen-bond donors (Lipinski definition) is 2. The molecule has 2 rings (SSSR count). The summed E-state index contributed by atoms with van der Waals surface area (Å²) in [6, 6.07) is 15.0. The fourth-order valence-corrected chi connectivity index (χ4v) is 2.14. The molecule has 0 saturated carbocycles. The maximum Gasteiger partial charge on any atom is 0.120 e. The summed E-state index contributed by atoms with van der Waals surface area (Å²) in [5.74, 6) is 0.309. The molecule has 2 aromatic rings. The number of phenols is 1. The molecule has 1 atom stereocenters. The van der Waals surface area contributed by atoms with Crippen LogP contribution in [0.1, 0.15) is 24.9 Å². The number of halogens is 1. The number of anilines is 1. The molecule has 0 radical (unpaired) electrons. The summed E-state index contributed by atoms with van der Waals surface area (Å²) in [5.41, 5.74) is 1.77. The molecule has 0 aromatic heterocycles. The molecular formula is C15H16ClNO. The summed E-state index contributed by atoms with van der Waals surface area (Å²) in [4.78, 5) is 0. The third-order valence-electron chi connectivity index (χ3n) is 2.92. The largest absolute Gasteiger partial charge is 0.508 e.